The summed E-state index contributed by atoms with van der Waals surface area (Å²) < 4.78 is 16.7. The molecule has 152 valence electrons. The molecule has 0 bridgehead atoms. The molecule has 2 heterocycles. The average molecular weight is 405 g/mol. The van der Waals surface area contributed by atoms with Crippen molar-refractivity contribution in [2.24, 2.45) is 0 Å². The molecule has 0 amide bonds. The van der Waals surface area contributed by atoms with Gasteiger partial charge < -0.3 is 25.3 Å². The number of benzene rings is 1. The van der Waals surface area contributed by atoms with E-state index in [1.165, 1.54) is 0 Å². The highest BCUT2D eigenvalue weighted by molar-refractivity contribution is 7.99. The monoisotopic (exact) mass is 404 g/mol. The normalized spacial score (nSPS) is 21.6. The zero-order valence-electron chi connectivity index (χ0n) is 17.2. The van der Waals surface area contributed by atoms with Gasteiger partial charge >= 0.3 is 5.97 Å². The number of carbonyl (C=O) groups excluding carboxylic acids is 1. The van der Waals surface area contributed by atoms with Crippen molar-refractivity contribution in [3.05, 3.63) is 46.8 Å². The van der Waals surface area contributed by atoms with Crippen LogP contribution >= 0.6 is 11.8 Å². The Kier molecular flexibility index (Phi) is 5.53. The van der Waals surface area contributed by atoms with E-state index in [-0.39, 0.29) is 5.97 Å². The molecule has 2 aliphatic heterocycles. The molecular weight excluding hydrogens is 376 g/mol. The van der Waals surface area contributed by atoms with Crippen LogP contribution in [0.1, 0.15) is 33.3 Å². The minimum atomic E-state index is -0.669. The van der Waals surface area contributed by atoms with Crippen molar-refractivity contribution < 1.29 is 19.0 Å². The quantitative estimate of drug-likeness (QED) is 0.452. The first-order valence-corrected chi connectivity index (χ1v) is 10.1. The van der Waals surface area contributed by atoms with Crippen molar-refractivity contribution >= 4 is 23.4 Å². The Morgan fingerprint density at radius 2 is 1.96 bits per heavy atom. The second-order valence-electron chi connectivity index (χ2n) is 8.01. The number of hydrogen-bond acceptors (Lipinski definition) is 7. The van der Waals surface area contributed by atoms with Crippen LogP contribution in [-0.2, 0) is 24.4 Å². The van der Waals surface area contributed by atoms with Crippen LogP contribution in [-0.4, -0.2) is 37.8 Å². The minimum absolute atomic E-state index is 0.338. The molecule has 7 heteroatoms. The van der Waals surface area contributed by atoms with E-state index < -0.39 is 17.3 Å². The predicted octanol–water partition coefficient (Wildman–Crippen LogP) is 3.33. The summed E-state index contributed by atoms with van der Waals surface area (Å²) in [5.74, 6) is 0.309. The van der Waals surface area contributed by atoms with Gasteiger partial charge in [-0.2, -0.15) is 0 Å². The SMILES string of the molecule is COC(OC)C1=CC2(CSc3c(N)cccc32)C(C(=O)OC(C)(C)C)=C(C)N1. The summed E-state index contributed by atoms with van der Waals surface area (Å²) in [6, 6.07) is 5.83. The number of nitrogens with one attached hydrogen (secondary N) is 1. The first-order chi connectivity index (χ1) is 13.1. The summed E-state index contributed by atoms with van der Waals surface area (Å²) in [6.45, 7) is 7.48. The topological polar surface area (TPSA) is 82.8 Å². The van der Waals surface area contributed by atoms with Gasteiger partial charge in [-0.15, -0.1) is 11.8 Å². The second kappa shape index (κ2) is 7.46. The highest BCUT2D eigenvalue weighted by atomic mass is 32.2. The van der Waals surface area contributed by atoms with E-state index in [1.807, 2.05) is 52.0 Å². The van der Waals surface area contributed by atoms with Crippen LogP contribution in [0.15, 0.2) is 46.1 Å². The van der Waals surface area contributed by atoms with E-state index in [1.54, 1.807) is 26.0 Å². The van der Waals surface area contributed by atoms with Gasteiger partial charge in [0.2, 0.25) is 0 Å². The number of anilines is 1. The van der Waals surface area contributed by atoms with Crippen LogP contribution < -0.4 is 11.1 Å². The number of methoxy groups -OCH3 is 2. The van der Waals surface area contributed by atoms with E-state index in [2.05, 4.69) is 5.32 Å². The third kappa shape index (κ3) is 3.54. The third-order valence-corrected chi connectivity index (χ3v) is 6.15. The zero-order valence-corrected chi connectivity index (χ0v) is 18.0. The van der Waals surface area contributed by atoms with Crippen LogP contribution in [0.25, 0.3) is 0 Å². The van der Waals surface area contributed by atoms with E-state index in [9.17, 15) is 4.79 Å². The summed E-state index contributed by atoms with van der Waals surface area (Å²) in [6.07, 6.45) is 1.46. The number of allylic oxidation sites excluding steroid dienone is 2. The van der Waals surface area contributed by atoms with Gasteiger partial charge in [-0.25, -0.2) is 4.79 Å². The Balaban J connectivity index is 2.19. The number of fused-ring (bicyclic) bond motifs is 2. The zero-order chi connectivity index (χ0) is 20.7. The summed E-state index contributed by atoms with van der Waals surface area (Å²) in [5.41, 5.74) is 8.75. The highest BCUT2D eigenvalue weighted by Crippen LogP contribution is 2.53. The number of nitrogen functional groups attached to an aromatic ring is 1. The number of rotatable bonds is 4. The Hall–Kier alpha value is -1.96. The van der Waals surface area contributed by atoms with Gasteiger partial charge in [-0.3, -0.25) is 0 Å². The van der Waals surface area contributed by atoms with Crippen molar-refractivity contribution in [2.45, 2.75) is 49.9 Å². The highest BCUT2D eigenvalue weighted by Gasteiger charge is 2.49. The first kappa shape index (κ1) is 20.8. The Morgan fingerprint density at radius 3 is 2.57 bits per heavy atom. The van der Waals surface area contributed by atoms with E-state index in [0.29, 0.717) is 17.0 Å². The summed E-state index contributed by atoms with van der Waals surface area (Å²) in [5, 5.41) is 3.28. The minimum Gasteiger partial charge on any atom is -0.457 e. The fourth-order valence-electron chi connectivity index (χ4n) is 3.79. The van der Waals surface area contributed by atoms with Crippen molar-refractivity contribution in [1.29, 1.82) is 0 Å². The van der Waals surface area contributed by atoms with E-state index >= 15 is 0 Å². The van der Waals surface area contributed by atoms with E-state index in [0.717, 1.165) is 21.9 Å². The smallest absolute Gasteiger partial charge is 0.337 e. The molecule has 0 radical (unpaired) electrons. The van der Waals surface area contributed by atoms with Crippen LogP contribution in [0.2, 0.25) is 0 Å². The molecule has 1 atom stereocenters. The maximum atomic E-state index is 13.2. The van der Waals surface area contributed by atoms with Gasteiger partial charge in [0.15, 0.2) is 6.29 Å². The molecule has 1 aromatic rings. The number of esters is 1. The Morgan fingerprint density at radius 1 is 1.29 bits per heavy atom. The molecule has 0 fully saturated rings. The lowest BCUT2D eigenvalue weighted by Gasteiger charge is -2.37. The molecule has 1 unspecified atom stereocenters. The van der Waals surface area contributed by atoms with Gasteiger partial charge in [0.25, 0.3) is 0 Å². The largest absolute Gasteiger partial charge is 0.457 e. The van der Waals surface area contributed by atoms with Gasteiger partial charge in [-0.05, 0) is 45.4 Å². The molecular formula is C21H28N2O4S. The molecule has 0 aliphatic carbocycles. The first-order valence-electron chi connectivity index (χ1n) is 9.15. The van der Waals surface area contributed by atoms with Crippen molar-refractivity contribution in [2.75, 3.05) is 25.7 Å². The second-order valence-corrected chi connectivity index (χ2v) is 9.00. The lowest BCUT2D eigenvalue weighted by atomic mass is 9.72. The van der Waals surface area contributed by atoms with Crippen LogP contribution in [0.3, 0.4) is 0 Å². The fraction of sp³-hybridized carbons (Fsp3) is 0.476. The molecule has 0 saturated heterocycles. The summed E-state index contributed by atoms with van der Waals surface area (Å²) in [7, 11) is 3.17. The maximum Gasteiger partial charge on any atom is 0.337 e. The van der Waals surface area contributed by atoms with Gasteiger partial charge in [0.1, 0.15) is 5.60 Å². The number of nitrogens with two attached hydrogens (primary N) is 1. The number of ether oxygens (including phenoxy) is 3. The molecule has 28 heavy (non-hydrogen) atoms. The van der Waals surface area contributed by atoms with E-state index in [4.69, 9.17) is 19.9 Å². The Labute approximate surface area is 170 Å². The lowest BCUT2D eigenvalue weighted by molar-refractivity contribution is -0.150. The van der Waals surface area contributed by atoms with Gasteiger partial charge in [0, 0.05) is 36.3 Å². The number of hydrogen-bond donors (Lipinski definition) is 2. The Bertz CT molecular complexity index is 852. The molecule has 3 N–H and O–H groups in total. The molecule has 6 nitrogen and oxygen atoms in total. The molecule has 0 saturated carbocycles. The molecule has 1 spiro atoms. The summed E-state index contributed by atoms with van der Waals surface area (Å²) >= 11 is 1.65. The molecule has 3 rings (SSSR count). The van der Waals surface area contributed by atoms with Crippen LogP contribution in [0, 0.1) is 0 Å². The van der Waals surface area contributed by atoms with Gasteiger partial charge in [0.05, 0.1) is 16.7 Å². The molecule has 2 aliphatic rings. The average Bonchev–Trinajstić information content (AvgIpc) is 2.94. The number of carbonyl (C=O) groups is 1. The maximum absolute atomic E-state index is 13.2. The number of thioether (sulfide) groups is 1. The van der Waals surface area contributed by atoms with Crippen LogP contribution in [0.5, 0.6) is 0 Å². The van der Waals surface area contributed by atoms with Crippen molar-refractivity contribution in [3.8, 4) is 0 Å². The molecule has 1 aromatic carbocycles. The van der Waals surface area contributed by atoms with Gasteiger partial charge in [-0.1, -0.05) is 12.1 Å². The predicted molar refractivity (Wildman–Crippen MR) is 111 cm³/mol. The fourth-order valence-corrected chi connectivity index (χ4v) is 5.18. The van der Waals surface area contributed by atoms with Crippen molar-refractivity contribution in [3.63, 3.8) is 0 Å². The number of dihydropyridines is 1. The standard InChI is InChI=1S/C21H28N2O4S/c1-12-16(18(24)27-20(2,3)4)21(10-15(23-12)19(25-5)26-6)11-28-17-13(21)8-7-9-14(17)22/h7-10,19,23H,11,22H2,1-6H3. The molecule has 0 aromatic heterocycles. The van der Waals surface area contributed by atoms with Crippen molar-refractivity contribution in [1.82, 2.24) is 5.32 Å². The van der Waals surface area contributed by atoms with Crippen LogP contribution in [0.4, 0.5) is 5.69 Å². The lowest BCUT2D eigenvalue weighted by Crippen LogP contribution is -2.43. The summed E-state index contributed by atoms with van der Waals surface area (Å²) in [4.78, 5) is 14.2. The third-order valence-electron chi connectivity index (χ3n) is 4.81.